The Morgan fingerprint density at radius 3 is 2.70 bits per heavy atom. The molecule has 1 atom stereocenters. The number of nitrogens with one attached hydrogen (secondary N) is 3. The van der Waals surface area contributed by atoms with Crippen molar-refractivity contribution in [1.82, 2.24) is 20.3 Å². The summed E-state index contributed by atoms with van der Waals surface area (Å²) in [6.07, 6.45) is 0.761. The van der Waals surface area contributed by atoms with Crippen LogP contribution in [0, 0.1) is 5.41 Å². The summed E-state index contributed by atoms with van der Waals surface area (Å²) in [5, 5.41) is 21.1. The SMILES string of the molecule is N=C(N)NCCCC(Nc1nc(N)nc(Cl)n1)C(=O)O. The lowest BCUT2D eigenvalue weighted by Crippen LogP contribution is -2.34. The first-order valence-electron chi connectivity index (χ1n) is 5.62. The van der Waals surface area contributed by atoms with Crippen LogP contribution in [0.3, 0.4) is 0 Å². The molecule has 0 aliphatic heterocycles. The Morgan fingerprint density at radius 1 is 1.45 bits per heavy atom. The van der Waals surface area contributed by atoms with Crippen LogP contribution in [0.25, 0.3) is 0 Å². The number of carbonyl (C=O) groups is 1. The average Bonchev–Trinajstić information content (AvgIpc) is 2.31. The van der Waals surface area contributed by atoms with Gasteiger partial charge in [-0.1, -0.05) is 0 Å². The van der Waals surface area contributed by atoms with Crippen molar-refractivity contribution in [2.75, 3.05) is 17.6 Å². The number of nitrogens with two attached hydrogens (primary N) is 2. The van der Waals surface area contributed by atoms with E-state index in [2.05, 4.69) is 25.6 Å². The van der Waals surface area contributed by atoms with Gasteiger partial charge in [-0.05, 0) is 24.4 Å². The average molecular weight is 303 g/mol. The quantitative estimate of drug-likeness (QED) is 0.214. The third-order valence-corrected chi connectivity index (χ3v) is 2.38. The number of aliphatic carboxylic acids is 1. The number of aromatic nitrogens is 3. The lowest BCUT2D eigenvalue weighted by atomic mass is 10.1. The van der Waals surface area contributed by atoms with Gasteiger partial charge in [0.05, 0.1) is 0 Å². The Kier molecular flexibility index (Phi) is 5.72. The molecular formula is C9H15ClN8O2. The van der Waals surface area contributed by atoms with Gasteiger partial charge in [0.2, 0.25) is 17.2 Å². The molecule has 0 aromatic carbocycles. The lowest BCUT2D eigenvalue weighted by molar-refractivity contribution is -0.138. The number of nitrogen functional groups attached to an aromatic ring is 1. The molecular weight excluding hydrogens is 288 g/mol. The van der Waals surface area contributed by atoms with E-state index in [0.717, 1.165) is 0 Å². The second-order valence-electron chi connectivity index (χ2n) is 3.80. The number of carboxylic acids is 1. The minimum absolute atomic E-state index is 0.00516. The molecule has 0 aliphatic rings. The van der Waals surface area contributed by atoms with Crippen molar-refractivity contribution in [2.45, 2.75) is 18.9 Å². The van der Waals surface area contributed by atoms with Crippen LogP contribution in [0.4, 0.5) is 11.9 Å². The highest BCUT2D eigenvalue weighted by atomic mass is 35.5. The highest BCUT2D eigenvalue weighted by Gasteiger charge is 2.18. The van der Waals surface area contributed by atoms with Gasteiger partial charge in [0.25, 0.3) is 0 Å². The molecule has 11 heteroatoms. The monoisotopic (exact) mass is 302 g/mol. The minimum atomic E-state index is -1.07. The van der Waals surface area contributed by atoms with Crippen LogP contribution in [0.5, 0.6) is 0 Å². The van der Waals surface area contributed by atoms with Crippen molar-refractivity contribution in [3.8, 4) is 0 Å². The zero-order chi connectivity index (χ0) is 15.1. The standard InChI is InChI=1S/C9H15ClN8O2/c10-6-16-8(13)18-9(17-6)15-4(5(19)20)2-1-3-14-7(11)12/h4H,1-3H2,(H,19,20)(H4,11,12,14)(H3,13,15,16,17,18). The maximum Gasteiger partial charge on any atom is 0.326 e. The van der Waals surface area contributed by atoms with Crippen LogP contribution in [0.15, 0.2) is 0 Å². The van der Waals surface area contributed by atoms with Gasteiger partial charge in [0.15, 0.2) is 5.96 Å². The summed E-state index contributed by atoms with van der Waals surface area (Å²) in [5.41, 5.74) is 10.5. The fourth-order valence-corrected chi connectivity index (χ4v) is 1.54. The van der Waals surface area contributed by atoms with Gasteiger partial charge in [-0.15, -0.1) is 0 Å². The van der Waals surface area contributed by atoms with E-state index < -0.39 is 12.0 Å². The van der Waals surface area contributed by atoms with E-state index >= 15 is 0 Å². The van der Waals surface area contributed by atoms with E-state index in [0.29, 0.717) is 13.0 Å². The van der Waals surface area contributed by atoms with Gasteiger partial charge in [0, 0.05) is 6.54 Å². The Labute approximate surface area is 119 Å². The molecule has 0 aliphatic carbocycles. The largest absolute Gasteiger partial charge is 0.480 e. The van der Waals surface area contributed by atoms with E-state index in [4.69, 9.17) is 33.6 Å². The molecule has 1 heterocycles. The van der Waals surface area contributed by atoms with E-state index in [1.807, 2.05) is 0 Å². The smallest absolute Gasteiger partial charge is 0.326 e. The first-order chi connectivity index (χ1) is 9.38. The molecule has 20 heavy (non-hydrogen) atoms. The summed E-state index contributed by atoms with van der Waals surface area (Å²) in [6, 6.07) is -0.915. The van der Waals surface area contributed by atoms with E-state index in [-0.39, 0.29) is 29.6 Å². The Morgan fingerprint density at radius 2 is 2.15 bits per heavy atom. The number of carboxylic acid groups (broad SMARTS) is 1. The van der Waals surface area contributed by atoms with Crippen molar-refractivity contribution in [2.24, 2.45) is 5.73 Å². The highest BCUT2D eigenvalue weighted by molar-refractivity contribution is 6.28. The molecule has 0 spiro atoms. The van der Waals surface area contributed by atoms with Crippen molar-refractivity contribution < 1.29 is 9.90 Å². The molecule has 1 aromatic rings. The van der Waals surface area contributed by atoms with Gasteiger partial charge in [-0.2, -0.15) is 15.0 Å². The van der Waals surface area contributed by atoms with Crippen molar-refractivity contribution in [3.63, 3.8) is 0 Å². The summed E-state index contributed by atoms with van der Waals surface area (Å²) >= 11 is 5.60. The fourth-order valence-electron chi connectivity index (χ4n) is 1.37. The lowest BCUT2D eigenvalue weighted by Gasteiger charge is -2.14. The van der Waals surface area contributed by atoms with Crippen LogP contribution in [-0.2, 0) is 4.79 Å². The molecule has 0 bridgehead atoms. The Hall–Kier alpha value is -2.36. The van der Waals surface area contributed by atoms with Gasteiger partial charge in [-0.3, -0.25) is 5.41 Å². The third kappa shape index (κ3) is 5.52. The first-order valence-corrected chi connectivity index (χ1v) is 6.00. The molecule has 8 N–H and O–H groups in total. The maximum absolute atomic E-state index is 11.1. The van der Waals surface area contributed by atoms with Gasteiger partial charge in [-0.25, -0.2) is 4.79 Å². The number of rotatable bonds is 7. The maximum atomic E-state index is 11.1. The van der Waals surface area contributed by atoms with Crippen molar-refractivity contribution in [3.05, 3.63) is 5.28 Å². The minimum Gasteiger partial charge on any atom is -0.480 e. The van der Waals surface area contributed by atoms with Crippen LogP contribution in [-0.4, -0.2) is 44.6 Å². The molecule has 0 fully saturated rings. The van der Waals surface area contributed by atoms with Crippen molar-refractivity contribution >= 4 is 35.4 Å². The summed E-state index contributed by atoms with van der Waals surface area (Å²) in [5.74, 6) is -1.34. The topological polar surface area (TPSA) is 176 Å². The van der Waals surface area contributed by atoms with E-state index in [9.17, 15) is 4.79 Å². The third-order valence-electron chi connectivity index (χ3n) is 2.21. The molecule has 0 saturated heterocycles. The Bertz CT molecular complexity index is 477. The second kappa shape index (κ2) is 7.28. The van der Waals surface area contributed by atoms with Crippen LogP contribution in [0.2, 0.25) is 5.28 Å². The molecule has 10 nitrogen and oxygen atoms in total. The molecule has 0 radical (unpaired) electrons. The Balaban J connectivity index is 2.58. The molecule has 0 amide bonds. The molecule has 0 saturated carbocycles. The summed E-state index contributed by atoms with van der Waals surface area (Å²) in [7, 11) is 0. The molecule has 1 unspecified atom stereocenters. The first kappa shape index (κ1) is 15.7. The number of hydrogen-bond donors (Lipinski definition) is 6. The molecule has 110 valence electrons. The van der Waals surface area contributed by atoms with E-state index in [1.165, 1.54) is 0 Å². The predicted octanol–water partition coefficient (Wildman–Crippen LogP) is -0.764. The van der Waals surface area contributed by atoms with Gasteiger partial charge >= 0.3 is 5.97 Å². The number of hydrogen-bond acceptors (Lipinski definition) is 7. The van der Waals surface area contributed by atoms with Crippen LogP contribution in [0.1, 0.15) is 12.8 Å². The van der Waals surface area contributed by atoms with Crippen molar-refractivity contribution in [1.29, 1.82) is 5.41 Å². The highest BCUT2D eigenvalue weighted by Crippen LogP contribution is 2.10. The van der Waals surface area contributed by atoms with Crippen LogP contribution < -0.4 is 22.1 Å². The van der Waals surface area contributed by atoms with Gasteiger partial charge in [0.1, 0.15) is 6.04 Å². The second-order valence-corrected chi connectivity index (χ2v) is 4.14. The predicted molar refractivity (Wildman–Crippen MR) is 73.4 cm³/mol. The fraction of sp³-hybridized carbons (Fsp3) is 0.444. The zero-order valence-electron chi connectivity index (χ0n) is 10.4. The number of guanidine groups is 1. The van der Waals surface area contributed by atoms with Gasteiger partial charge < -0.3 is 27.2 Å². The summed E-state index contributed by atoms with van der Waals surface area (Å²) < 4.78 is 0. The molecule has 1 rings (SSSR count). The number of nitrogens with zero attached hydrogens (tertiary/aromatic N) is 3. The van der Waals surface area contributed by atoms with Crippen LogP contribution >= 0.6 is 11.6 Å². The number of anilines is 2. The molecule has 1 aromatic heterocycles. The summed E-state index contributed by atoms with van der Waals surface area (Å²) in [6.45, 7) is 0.390. The summed E-state index contributed by atoms with van der Waals surface area (Å²) in [4.78, 5) is 22.2. The van der Waals surface area contributed by atoms with E-state index in [1.54, 1.807) is 0 Å². The normalized spacial score (nSPS) is 11.7. The number of halogens is 1. The zero-order valence-corrected chi connectivity index (χ0v) is 11.2.